The summed E-state index contributed by atoms with van der Waals surface area (Å²) in [5.74, 6) is 0. The summed E-state index contributed by atoms with van der Waals surface area (Å²) >= 11 is -0.204. The second-order valence-corrected chi connectivity index (χ2v) is 13.5. The molecule has 0 aromatic heterocycles. The number of rotatable bonds is 18. The molecule has 0 heterocycles. The van der Waals surface area contributed by atoms with Crippen molar-refractivity contribution in [2.45, 2.75) is 94.3 Å². The first-order valence-corrected chi connectivity index (χ1v) is 17.1. The van der Waals surface area contributed by atoms with Crippen LogP contribution in [-0.4, -0.2) is 46.0 Å². The van der Waals surface area contributed by atoms with E-state index in [9.17, 15) is 4.79 Å². The summed E-state index contributed by atoms with van der Waals surface area (Å²) in [6.07, 6.45) is 13.7. The maximum atomic E-state index is 12.5. The molecule has 0 saturated heterocycles. The maximum absolute atomic E-state index is 12.5. The van der Waals surface area contributed by atoms with Crippen LogP contribution in [0.3, 0.4) is 0 Å². The number of ether oxygens (including phenoxy) is 1. The molecule has 0 N–H and O–H groups in total. The predicted molar refractivity (Wildman–Crippen MR) is 139 cm³/mol. The zero-order chi connectivity index (χ0) is 22.7. The molecule has 1 atom stereocenters. The third-order valence-corrected chi connectivity index (χ3v) is 10.1. The third-order valence-electron chi connectivity index (χ3n) is 5.51. The molecule has 0 fully saturated rings. The molecule has 2 rings (SSSR count). The van der Waals surface area contributed by atoms with Crippen LogP contribution in [0.15, 0.2) is 60.7 Å². The van der Waals surface area contributed by atoms with Gasteiger partial charge in [-0.1, -0.05) is 0 Å². The Balaban J connectivity index is 1.64. The van der Waals surface area contributed by atoms with Crippen LogP contribution in [0.2, 0.25) is 5.32 Å². The zero-order valence-corrected chi connectivity index (χ0v) is 23.7. The summed E-state index contributed by atoms with van der Waals surface area (Å²) in [4.78, 5) is 12.5. The molecule has 0 bridgehead atoms. The van der Waals surface area contributed by atoms with Crippen molar-refractivity contribution < 1.29 is 9.53 Å². The van der Waals surface area contributed by atoms with Crippen molar-refractivity contribution in [3.05, 3.63) is 66.2 Å². The number of unbranched alkanes of at least 4 members (excludes halogenated alkanes) is 7. The SMILES string of the molecule is CCCCCCCCC(CCCCC[Se]Cc1ccccc1)OC(=O)[Te]c1ccccc1. The second-order valence-electron chi connectivity index (χ2n) is 8.35. The molecule has 2 aromatic carbocycles. The van der Waals surface area contributed by atoms with E-state index in [2.05, 4.69) is 49.4 Å². The number of hydrogen-bond donors (Lipinski definition) is 0. The van der Waals surface area contributed by atoms with Crippen LogP contribution in [0.25, 0.3) is 0 Å². The Hall–Kier alpha value is -0.781. The molecule has 1 unspecified atom stereocenters. The summed E-state index contributed by atoms with van der Waals surface area (Å²) in [5.41, 5.74) is 1.47. The van der Waals surface area contributed by atoms with Crippen LogP contribution in [0.4, 0.5) is 4.79 Å². The van der Waals surface area contributed by atoms with Crippen molar-refractivity contribution in [2.24, 2.45) is 0 Å². The normalized spacial score (nSPS) is 11.9. The van der Waals surface area contributed by atoms with Gasteiger partial charge in [0.15, 0.2) is 0 Å². The van der Waals surface area contributed by atoms with E-state index in [1.807, 2.05) is 18.2 Å². The van der Waals surface area contributed by atoms with Crippen molar-refractivity contribution in [3.63, 3.8) is 0 Å². The first kappa shape index (κ1) is 27.5. The molecular weight excluding hydrogens is 575 g/mol. The number of carbonyl (C=O) groups is 1. The molecule has 2 aromatic rings. The standard InChI is InChI=1S/C28H40O2SeTe/c1-2-3-4-5-6-12-19-26(30-28(29)32-27-21-14-8-15-22-27)20-13-9-16-23-31-24-25-17-10-7-11-18-25/h7-8,10-11,14-15,17-18,21-22,26H,2-6,9,12-13,16,19-20,23-24H2,1H3. The number of benzene rings is 2. The third kappa shape index (κ3) is 13.7. The van der Waals surface area contributed by atoms with E-state index in [1.165, 1.54) is 77.6 Å². The van der Waals surface area contributed by atoms with Gasteiger partial charge in [0.2, 0.25) is 0 Å². The Kier molecular flexibility index (Phi) is 16.0. The van der Waals surface area contributed by atoms with Crippen molar-refractivity contribution >= 4 is 43.5 Å². The average Bonchev–Trinajstić information content (AvgIpc) is 2.81. The van der Waals surface area contributed by atoms with Gasteiger partial charge >= 0.3 is 214 Å². The molecule has 4 heteroatoms. The van der Waals surface area contributed by atoms with E-state index in [0.717, 1.165) is 12.8 Å². The topological polar surface area (TPSA) is 26.3 Å². The zero-order valence-electron chi connectivity index (χ0n) is 19.7. The van der Waals surface area contributed by atoms with E-state index in [1.54, 1.807) is 0 Å². The quantitative estimate of drug-likeness (QED) is 0.132. The van der Waals surface area contributed by atoms with Gasteiger partial charge < -0.3 is 0 Å². The van der Waals surface area contributed by atoms with Gasteiger partial charge in [0.05, 0.1) is 0 Å². The Morgan fingerprint density at radius 3 is 2.09 bits per heavy atom. The average molecular weight is 615 g/mol. The second kappa shape index (κ2) is 18.6. The van der Waals surface area contributed by atoms with Crippen molar-refractivity contribution in [1.82, 2.24) is 0 Å². The molecule has 0 saturated carbocycles. The first-order chi connectivity index (χ1) is 15.8. The molecule has 32 heavy (non-hydrogen) atoms. The van der Waals surface area contributed by atoms with Crippen LogP contribution in [0.1, 0.15) is 83.1 Å². The van der Waals surface area contributed by atoms with Gasteiger partial charge in [-0.05, 0) is 0 Å². The molecule has 176 valence electrons. The fraction of sp³-hybridized carbons (Fsp3) is 0.536. The van der Waals surface area contributed by atoms with E-state index in [0.29, 0.717) is 15.0 Å². The Morgan fingerprint density at radius 2 is 1.41 bits per heavy atom. The number of carbonyl (C=O) groups excluding carboxylic acids is 1. The van der Waals surface area contributed by atoms with Crippen molar-refractivity contribution in [3.8, 4) is 0 Å². The van der Waals surface area contributed by atoms with E-state index in [4.69, 9.17) is 4.74 Å². The monoisotopic (exact) mass is 618 g/mol. The van der Waals surface area contributed by atoms with Crippen LogP contribution >= 0.6 is 0 Å². The molecule has 0 radical (unpaired) electrons. The number of hydrogen-bond acceptors (Lipinski definition) is 2. The van der Waals surface area contributed by atoms with Gasteiger partial charge in [-0.25, -0.2) is 0 Å². The van der Waals surface area contributed by atoms with Crippen LogP contribution in [0, 0.1) is 0 Å². The Labute approximate surface area is 212 Å². The molecular formula is C28H40O2SeTe. The van der Waals surface area contributed by atoms with Crippen LogP contribution in [0.5, 0.6) is 0 Å². The summed E-state index contributed by atoms with van der Waals surface area (Å²) in [5, 5.41) is 2.60. The predicted octanol–water partition coefficient (Wildman–Crippen LogP) is 7.16. The van der Waals surface area contributed by atoms with Gasteiger partial charge in [-0.2, -0.15) is 0 Å². The minimum absolute atomic E-state index is 0.0591. The molecule has 0 amide bonds. The van der Waals surface area contributed by atoms with Crippen LogP contribution in [-0.2, 0) is 10.1 Å². The fourth-order valence-electron chi connectivity index (χ4n) is 3.68. The van der Waals surface area contributed by atoms with Gasteiger partial charge in [-0.15, -0.1) is 0 Å². The van der Waals surface area contributed by atoms with Gasteiger partial charge in [0.1, 0.15) is 0 Å². The molecule has 0 aliphatic rings. The Bertz CT molecular complexity index is 708. The molecule has 0 spiro atoms. The molecule has 0 aliphatic heterocycles. The van der Waals surface area contributed by atoms with Crippen LogP contribution < -0.4 is 3.61 Å². The van der Waals surface area contributed by atoms with E-state index in [-0.39, 0.29) is 10.1 Å². The van der Waals surface area contributed by atoms with Gasteiger partial charge in [0, 0.05) is 0 Å². The minimum atomic E-state index is -0.905. The van der Waals surface area contributed by atoms with Crippen molar-refractivity contribution in [2.75, 3.05) is 0 Å². The summed E-state index contributed by atoms with van der Waals surface area (Å²) in [6.45, 7) is 2.26. The Morgan fingerprint density at radius 1 is 0.812 bits per heavy atom. The van der Waals surface area contributed by atoms with Crippen molar-refractivity contribution in [1.29, 1.82) is 0 Å². The summed E-state index contributed by atoms with van der Waals surface area (Å²) in [6, 6.07) is 21.0. The van der Waals surface area contributed by atoms with Gasteiger partial charge in [0.25, 0.3) is 0 Å². The summed E-state index contributed by atoms with van der Waals surface area (Å²) in [7, 11) is 0. The fourth-order valence-corrected chi connectivity index (χ4v) is 7.65. The summed E-state index contributed by atoms with van der Waals surface area (Å²) < 4.78 is 7.22. The first-order valence-electron chi connectivity index (χ1n) is 12.3. The van der Waals surface area contributed by atoms with Gasteiger partial charge in [-0.3, -0.25) is 0 Å². The van der Waals surface area contributed by atoms with E-state index < -0.39 is 20.9 Å². The van der Waals surface area contributed by atoms with E-state index >= 15 is 0 Å². The molecule has 0 aliphatic carbocycles. The molecule has 2 nitrogen and oxygen atoms in total.